The maximum Gasteiger partial charge on any atom is 0.225 e. The molecule has 0 aliphatic carbocycles. The van der Waals surface area contributed by atoms with Crippen molar-refractivity contribution in [1.29, 1.82) is 0 Å². The fraction of sp³-hybridized carbons (Fsp3) is 0.421. The Morgan fingerprint density at radius 2 is 1.76 bits per heavy atom. The highest BCUT2D eigenvalue weighted by Crippen LogP contribution is 2.16. The van der Waals surface area contributed by atoms with Crippen molar-refractivity contribution < 1.29 is 0 Å². The van der Waals surface area contributed by atoms with Gasteiger partial charge in [-0.3, -0.25) is 9.89 Å². The molecule has 25 heavy (non-hydrogen) atoms. The minimum absolute atomic E-state index is 0.808. The summed E-state index contributed by atoms with van der Waals surface area (Å²) in [5, 5.41) is 3.50. The standard InChI is InChI=1S/C19H24N6/c1-2-6-17-16(5-1)15-23-18(17)20-9-4-10-24-11-13-25(14-12-24)19-21-7-3-8-22-19/h1-3,5-8H,4,9-15H2,(H,20,23). The van der Waals surface area contributed by atoms with Gasteiger partial charge in [0, 0.05) is 50.7 Å². The summed E-state index contributed by atoms with van der Waals surface area (Å²) in [6.45, 7) is 7.03. The van der Waals surface area contributed by atoms with E-state index in [-0.39, 0.29) is 0 Å². The van der Waals surface area contributed by atoms with E-state index in [1.165, 1.54) is 11.1 Å². The number of nitrogens with zero attached hydrogens (tertiary/aromatic N) is 5. The van der Waals surface area contributed by atoms with Gasteiger partial charge in [-0.05, 0) is 24.6 Å². The molecule has 130 valence electrons. The molecule has 3 heterocycles. The second-order valence-corrected chi connectivity index (χ2v) is 6.48. The van der Waals surface area contributed by atoms with Crippen LogP contribution in [0.5, 0.6) is 0 Å². The molecular weight excluding hydrogens is 312 g/mol. The minimum atomic E-state index is 0.808. The van der Waals surface area contributed by atoms with E-state index in [1.54, 1.807) is 0 Å². The number of aliphatic imine (C=N–C) groups is 1. The summed E-state index contributed by atoms with van der Waals surface area (Å²) in [7, 11) is 0. The second-order valence-electron chi connectivity index (χ2n) is 6.48. The highest BCUT2D eigenvalue weighted by Gasteiger charge is 2.18. The summed E-state index contributed by atoms with van der Waals surface area (Å²) in [5.74, 6) is 1.91. The average Bonchev–Trinajstić information content (AvgIpc) is 3.10. The Morgan fingerprint density at radius 1 is 0.960 bits per heavy atom. The number of benzene rings is 1. The zero-order valence-electron chi connectivity index (χ0n) is 14.4. The predicted molar refractivity (Wildman–Crippen MR) is 100.0 cm³/mol. The van der Waals surface area contributed by atoms with E-state index in [0.29, 0.717) is 0 Å². The van der Waals surface area contributed by atoms with Gasteiger partial charge in [0.1, 0.15) is 5.84 Å². The molecule has 2 aliphatic rings. The van der Waals surface area contributed by atoms with Gasteiger partial charge < -0.3 is 10.2 Å². The number of fused-ring (bicyclic) bond motifs is 1. The highest BCUT2D eigenvalue weighted by atomic mass is 15.3. The van der Waals surface area contributed by atoms with Crippen LogP contribution in [0.2, 0.25) is 0 Å². The van der Waals surface area contributed by atoms with E-state index in [4.69, 9.17) is 0 Å². The van der Waals surface area contributed by atoms with Gasteiger partial charge >= 0.3 is 0 Å². The number of hydrogen-bond acceptors (Lipinski definition) is 6. The molecule has 0 radical (unpaired) electrons. The monoisotopic (exact) mass is 336 g/mol. The highest BCUT2D eigenvalue weighted by molar-refractivity contribution is 6.01. The molecule has 4 rings (SSSR count). The van der Waals surface area contributed by atoms with Crippen LogP contribution in [0.1, 0.15) is 17.5 Å². The minimum Gasteiger partial charge on any atom is -0.370 e. The van der Waals surface area contributed by atoms with Crippen molar-refractivity contribution >= 4 is 11.8 Å². The Labute approximate surface area is 148 Å². The average molecular weight is 336 g/mol. The molecule has 6 heteroatoms. The van der Waals surface area contributed by atoms with Crippen LogP contribution < -0.4 is 10.2 Å². The van der Waals surface area contributed by atoms with Gasteiger partial charge in [0.25, 0.3) is 0 Å². The molecule has 2 aliphatic heterocycles. The first kappa shape index (κ1) is 16.0. The van der Waals surface area contributed by atoms with E-state index >= 15 is 0 Å². The summed E-state index contributed by atoms with van der Waals surface area (Å²) in [5.41, 5.74) is 2.59. The molecule has 1 aromatic heterocycles. The van der Waals surface area contributed by atoms with Crippen LogP contribution in [0.3, 0.4) is 0 Å². The molecule has 1 aromatic carbocycles. The van der Waals surface area contributed by atoms with Crippen LogP contribution in [0, 0.1) is 0 Å². The summed E-state index contributed by atoms with van der Waals surface area (Å²) < 4.78 is 0. The molecule has 2 aromatic rings. The summed E-state index contributed by atoms with van der Waals surface area (Å²) in [6.07, 6.45) is 4.75. The molecule has 1 saturated heterocycles. The molecular formula is C19H24N6. The summed E-state index contributed by atoms with van der Waals surface area (Å²) >= 11 is 0. The van der Waals surface area contributed by atoms with Gasteiger partial charge in [-0.1, -0.05) is 24.3 Å². The van der Waals surface area contributed by atoms with E-state index in [1.807, 2.05) is 18.5 Å². The van der Waals surface area contributed by atoms with Crippen LogP contribution in [-0.4, -0.2) is 60.0 Å². The Kier molecular flexibility index (Phi) is 4.88. The quantitative estimate of drug-likeness (QED) is 0.840. The number of rotatable bonds is 5. The Morgan fingerprint density at radius 3 is 2.60 bits per heavy atom. The van der Waals surface area contributed by atoms with Crippen LogP contribution >= 0.6 is 0 Å². The van der Waals surface area contributed by atoms with Gasteiger partial charge in [-0.25, -0.2) is 9.97 Å². The van der Waals surface area contributed by atoms with Crippen molar-refractivity contribution in [3.05, 3.63) is 53.9 Å². The topological polar surface area (TPSA) is 56.7 Å². The lowest BCUT2D eigenvalue weighted by Crippen LogP contribution is -2.47. The van der Waals surface area contributed by atoms with Gasteiger partial charge in [0.2, 0.25) is 5.95 Å². The maximum atomic E-state index is 4.60. The SMILES string of the molecule is c1cnc(N2CCN(CCCNC3=NCc4ccccc43)CC2)nc1. The lowest BCUT2D eigenvalue weighted by Gasteiger charge is -2.34. The van der Waals surface area contributed by atoms with Crippen LogP contribution in [0.25, 0.3) is 0 Å². The summed E-state index contributed by atoms with van der Waals surface area (Å²) in [6, 6.07) is 10.3. The van der Waals surface area contributed by atoms with Crippen molar-refractivity contribution in [1.82, 2.24) is 20.2 Å². The largest absolute Gasteiger partial charge is 0.370 e. The molecule has 0 amide bonds. The van der Waals surface area contributed by atoms with Crippen molar-refractivity contribution in [2.24, 2.45) is 4.99 Å². The number of aromatic nitrogens is 2. The first-order chi connectivity index (χ1) is 12.4. The fourth-order valence-electron chi connectivity index (χ4n) is 3.43. The van der Waals surface area contributed by atoms with E-state index in [2.05, 4.69) is 54.3 Å². The van der Waals surface area contributed by atoms with Crippen molar-refractivity contribution in [3.8, 4) is 0 Å². The number of hydrogen-bond donors (Lipinski definition) is 1. The molecule has 0 spiro atoms. The van der Waals surface area contributed by atoms with E-state index in [9.17, 15) is 0 Å². The second kappa shape index (κ2) is 7.61. The third-order valence-corrected chi connectivity index (χ3v) is 4.83. The molecule has 0 saturated carbocycles. The maximum absolute atomic E-state index is 4.60. The molecule has 1 fully saturated rings. The van der Waals surface area contributed by atoms with Crippen LogP contribution in [0.15, 0.2) is 47.7 Å². The molecule has 1 N–H and O–H groups in total. The van der Waals surface area contributed by atoms with Crippen molar-refractivity contribution in [3.63, 3.8) is 0 Å². The number of piperazine rings is 1. The van der Waals surface area contributed by atoms with Gasteiger partial charge in [-0.2, -0.15) is 0 Å². The van der Waals surface area contributed by atoms with E-state index in [0.717, 1.165) is 64.0 Å². The normalized spacial score (nSPS) is 17.3. The number of anilines is 1. The third-order valence-electron chi connectivity index (χ3n) is 4.83. The van der Waals surface area contributed by atoms with Crippen LogP contribution in [-0.2, 0) is 6.54 Å². The zero-order chi connectivity index (χ0) is 16.9. The van der Waals surface area contributed by atoms with E-state index < -0.39 is 0 Å². The lowest BCUT2D eigenvalue weighted by atomic mass is 10.1. The Balaban J connectivity index is 1.17. The molecule has 0 atom stereocenters. The molecule has 0 bridgehead atoms. The first-order valence-corrected chi connectivity index (χ1v) is 9.01. The number of amidine groups is 1. The summed E-state index contributed by atoms with van der Waals surface area (Å²) in [4.78, 5) is 18.1. The first-order valence-electron chi connectivity index (χ1n) is 9.01. The van der Waals surface area contributed by atoms with Crippen LogP contribution in [0.4, 0.5) is 5.95 Å². The lowest BCUT2D eigenvalue weighted by molar-refractivity contribution is 0.254. The van der Waals surface area contributed by atoms with Gasteiger partial charge in [0.05, 0.1) is 6.54 Å². The zero-order valence-corrected chi connectivity index (χ0v) is 14.4. The fourth-order valence-corrected chi connectivity index (χ4v) is 3.43. The van der Waals surface area contributed by atoms with Crippen molar-refractivity contribution in [2.75, 3.05) is 44.2 Å². The predicted octanol–water partition coefficient (Wildman–Crippen LogP) is 1.54. The smallest absolute Gasteiger partial charge is 0.225 e. The molecule has 6 nitrogen and oxygen atoms in total. The number of nitrogens with one attached hydrogen (secondary N) is 1. The Hall–Kier alpha value is -2.47. The van der Waals surface area contributed by atoms with Crippen molar-refractivity contribution in [2.45, 2.75) is 13.0 Å². The Bertz CT molecular complexity index is 722. The van der Waals surface area contributed by atoms with Gasteiger partial charge in [-0.15, -0.1) is 0 Å². The third kappa shape index (κ3) is 3.79. The van der Waals surface area contributed by atoms with Gasteiger partial charge in [0.15, 0.2) is 0 Å². The molecule has 0 unspecified atom stereocenters.